The van der Waals surface area contributed by atoms with Crippen LogP contribution in [0.4, 0.5) is 17.3 Å². The first-order valence-corrected chi connectivity index (χ1v) is 6.21. The van der Waals surface area contributed by atoms with Gasteiger partial charge in [0, 0.05) is 18.2 Å². The number of nitrogens with two attached hydrogens (primary N) is 1. The fourth-order valence-electron chi connectivity index (χ4n) is 1.83. The van der Waals surface area contributed by atoms with Crippen LogP contribution < -0.4 is 11.1 Å². The molecule has 0 fully saturated rings. The maximum Gasteiger partial charge on any atom is 0.136 e. The van der Waals surface area contributed by atoms with Gasteiger partial charge in [-0.25, -0.2) is 9.97 Å². The van der Waals surface area contributed by atoms with Crippen LogP contribution in [0.25, 0.3) is 0 Å². The Morgan fingerprint density at radius 1 is 1.11 bits per heavy atom. The van der Waals surface area contributed by atoms with Gasteiger partial charge in [-0.1, -0.05) is 32.0 Å². The van der Waals surface area contributed by atoms with Crippen LogP contribution in [0.3, 0.4) is 0 Å². The maximum absolute atomic E-state index is 5.77. The highest BCUT2D eigenvalue weighted by Crippen LogP contribution is 2.21. The molecule has 3 N–H and O–H groups in total. The summed E-state index contributed by atoms with van der Waals surface area (Å²) in [7, 11) is 0. The Morgan fingerprint density at radius 3 is 2.61 bits per heavy atom. The molecule has 1 heterocycles. The van der Waals surface area contributed by atoms with E-state index in [-0.39, 0.29) is 0 Å². The van der Waals surface area contributed by atoms with E-state index in [1.54, 1.807) is 6.07 Å². The van der Waals surface area contributed by atoms with Crippen molar-refractivity contribution in [2.75, 3.05) is 11.1 Å². The predicted octanol–water partition coefficient (Wildman–Crippen LogP) is 2.93. The Bertz CT molecular complexity index is 537. The third-order valence-corrected chi connectivity index (χ3v) is 2.77. The molecule has 2 rings (SSSR count). The summed E-state index contributed by atoms with van der Waals surface area (Å²) in [6, 6.07) is 9.95. The minimum absolute atomic E-state index is 0.498. The lowest BCUT2D eigenvalue weighted by Crippen LogP contribution is -2.03. The molecule has 0 aliphatic carbocycles. The summed E-state index contributed by atoms with van der Waals surface area (Å²) in [4.78, 5) is 8.58. The molecule has 0 spiro atoms. The lowest BCUT2D eigenvalue weighted by Gasteiger charge is -2.11. The first-order valence-electron chi connectivity index (χ1n) is 6.21. The Kier molecular flexibility index (Phi) is 3.77. The summed E-state index contributed by atoms with van der Waals surface area (Å²) in [6.45, 7) is 4.14. The molecule has 0 saturated carbocycles. The van der Waals surface area contributed by atoms with Gasteiger partial charge in [0.25, 0.3) is 0 Å². The minimum atomic E-state index is 0.498. The minimum Gasteiger partial charge on any atom is -0.384 e. The first-order chi connectivity index (χ1) is 8.72. The summed E-state index contributed by atoms with van der Waals surface area (Å²) in [5, 5.41) is 3.31. The van der Waals surface area contributed by atoms with Gasteiger partial charge in [0.2, 0.25) is 0 Å². The lowest BCUT2D eigenvalue weighted by atomic mass is 10.1. The topological polar surface area (TPSA) is 63.8 Å². The van der Waals surface area contributed by atoms with Crippen molar-refractivity contribution in [3.63, 3.8) is 0 Å². The average molecular weight is 242 g/mol. The molecule has 0 saturated heterocycles. The zero-order chi connectivity index (χ0) is 13.0. The van der Waals surface area contributed by atoms with Crippen molar-refractivity contribution < 1.29 is 0 Å². The molecule has 0 atom stereocenters. The molecule has 94 valence electrons. The van der Waals surface area contributed by atoms with Gasteiger partial charge in [0.05, 0.1) is 0 Å². The van der Waals surface area contributed by atoms with Crippen LogP contribution in [0.15, 0.2) is 30.3 Å². The van der Waals surface area contributed by atoms with E-state index in [2.05, 4.69) is 28.3 Å². The lowest BCUT2D eigenvalue weighted by molar-refractivity contribution is 0.948. The number of nitrogens with one attached hydrogen (secondary N) is 1. The molecule has 0 unspecified atom stereocenters. The summed E-state index contributed by atoms with van der Waals surface area (Å²) >= 11 is 0. The van der Waals surface area contributed by atoms with Crippen LogP contribution >= 0.6 is 0 Å². The molecule has 0 amide bonds. The average Bonchev–Trinajstić information content (AvgIpc) is 2.38. The van der Waals surface area contributed by atoms with Gasteiger partial charge >= 0.3 is 0 Å². The molecule has 1 aromatic heterocycles. The van der Waals surface area contributed by atoms with Crippen LogP contribution in [0, 0.1) is 0 Å². The quantitative estimate of drug-likeness (QED) is 0.865. The first kappa shape index (κ1) is 12.4. The molecule has 2 aromatic rings. The molecule has 18 heavy (non-hydrogen) atoms. The second-order valence-corrected chi connectivity index (χ2v) is 4.08. The highest BCUT2D eigenvalue weighted by molar-refractivity contribution is 5.62. The summed E-state index contributed by atoms with van der Waals surface area (Å²) in [5.74, 6) is 2.00. The standard InChI is InChI=1S/C14H18N4/c1-3-10-7-5-6-8-11(10)16-14-9-12(15)17-13(4-2)18-14/h5-9H,3-4H2,1-2H3,(H3,15,16,17,18). The highest BCUT2D eigenvalue weighted by Gasteiger charge is 2.04. The number of benzene rings is 1. The van der Waals surface area contributed by atoms with Gasteiger partial charge in [0.1, 0.15) is 17.5 Å². The van der Waals surface area contributed by atoms with Crippen LogP contribution in [0.5, 0.6) is 0 Å². The second-order valence-electron chi connectivity index (χ2n) is 4.08. The van der Waals surface area contributed by atoms with Crippen molar-refractivity contribution in [3.8, 4) is 0 Å². The monoisotopic (exact) mass is 242 g/mol. The molecule has 1 aromatic carbocycles. The Morgan fingerprint density at radius 2 is 1.89 bits per heavy atom. The second kappa shape index (κ2) is 5.49. The van der Waals surface area contributed by atoms with Crippen LogP contribution in [-0.2, 0) is 12.8 Å². The van der Waals surface area contributed by atoms with Crippen LogP contribution in [0.1, 0.15) is 25.2 Å². The number of aromatic nitrogens is 2. The van der Waals surface area contributed by atoms with Crippen LogP contribution in [-0.4, -0.2) is 9.97 Å². The van der Waals surface area contributed by atoms with Crippen molar-refractivity contribution in [1.82, 2.24) is 9.97 Å². The molecule has 0 radical (unpaired) electrons. The number of hydrogen-bond donors (Lipinski definition) is 2. The van der Waals surface area contributed by atoms with E-state index < -0.39 is 0 Å². The van der Waals surface area contributed by atoms with Gasteiger partial charge in [-0.15, -0.1) is 0 Å². The summed E-state index contributed by atoms with van der Waals surface area (Å²) in [5.41, 5.74) is 8.09. The number of anilines is 3. The number of aryl methyl sites for hydroxylation is 2. The normalized spacial score (nSPS) is 10.3. The van der Waals surface area contributed by atoms with Gasteiger partial charge in [-0.2, -0.15) is 0 Å². The van der Waals surface area contributed by atoms with E-state index >= 15 is 0 Å². The Hall–Kier alpha value is -2.10. The van der Waals surface area contributed by atoms with Gasteiger partial charge in [-0.3, -0.25) is 0 Å². The number of para-hydroxylation sites is 1. The van der Waals surface area contributed by atoms with Crippen molar-refractivity contribution in [3.05, 3.63) is 41.7 Å². The maximum atomic E-state index is 5.77. The molecular formula is C14H18N4. The largest absolute Gasteiger partial charge is 0.384 e. The number of nitrogens with zero attached hydrogens (tertiary/aromatic N) is 2. The van der Waals surface area contributed by atoms with E-state index in [0.29, 0.717) is 5.82 Å². The molecule has 0 aliphatic heterocycles. The summed E-state index contributed by atoms with van der Waals surface area (Å²) in [6.07, 6.45) is 1.75. The van der Waals surface area contributed by atoms with E-state index in [9.17, 15) is 0 Å². The summed E-state index contributed by atoms with van der Waals surface area (Å²) < 4.78 is 0. The molecule has 0 aliphatic rings. The van der Waals surface area contributed by atoms with Crippen molar-refractivity contribution in [2.24, 2.45) is 0 Å². The molecule has 0 bridgehead atoms. The van der Waals surface area contributed by atoms with Gasteiger partial charge < -0.3 is 11.1 Å². The smallest absolute Gasteiger partial charge is 0.136 e. The molecular weight excluding hydrogens is 224 g/mol. The highest BCUT2D eigenvalue weighted by atomic mass is 15.0. The third kappa shape index (κ3) is 2.77. The zero-order valence-corrected chi connectivity index (χ0v) is 10.8. The number of nitrogen functional groups attached to an aromatic ring is 1. The van der Waals surface area contributed by atoms with Crippen LogP contribution in [0.2, 0.25) is 0 Å². The van der Waals surface area contributed by atoms with Crippen molar-refractivity contribution >= 4 is 17.3 Å². The molecule has 4 heteroatoms. The zero-order valence-electron chi connectivity index (χ0n) is 10.8. The van der Waals surface area contributed by atoms with E-state index in [1.165, 1.54) is 5.56 Å². The van der Waals surface area contributed by atoms with Crippen molar-refractivity contribution in [1.29, 1.82) is 0 Å². The van der Waals surface area contributed by atoms with E-state index in [4.69, 9.17) is 5.73 Å². The van der Waals surface area contributed by atoms with E-state index in [0.717, 1.165) is 30.2 Å². The van der Waals surface area contributed by atoms with Gasteiger partial charge in [0.15, 0.2) is 0 Å². The van der Waals surface area contributed by atoms with Crippen molar-refractivity contribution in [2.45, 2.75) is 26.7 Å². The number of rotatable bonds is 4. The van der Waals surface area contributed by atoms with Gasteiger partial charge in [-0.05, 0) is 18.1 Å². The Balaban J connectivity index is 2.30. The molecule has 4 nitrogen and oxygen atoms in total. The fourth-order valence-corrected chi connectivity index (χ4v) is 1.83. The SMILES string of the molecule is CCc1nc(N)cc(Nc2ccccc2CC)n1. The Labute approximate surface area is 107 Å². The fraction of sp³-hybridized carbons (Fsp3) is 0.286. The predicted molar refractivity (Wildman–Crippen MR) is 74.9 cm³/mol. The van der Waals surface area contributed by atoms with E-state index in [1.807, 2.05) is 25.1 Å². The third-order valence-electron chi connectivity index (χ3n) is 2.77. The number of hydrogen-bond acceptors (Lipinski definition) is 4.